The van der Waals surface area contributed by atoms with Crippen molar-refractivity contribution >= 4 is 21.8 Å². The molecule has 0 unspecified atom stereocenters. The summed E-state index contributed by atoms with van der Waals surface area (Å²) in [5, 5.41) is 4.28. The Morgan fingerprint density at radius 2 is 1.80 bits per heavy atom. The SMILES string of the molecule is Nc1onc(C2CCCCCC2)c1-c1ccccc1Br. The van der Waals surface area contributed by atoms with Gasteiger partial charge in [0.05, 0.1) is 11.3 Å². The van der Waals surface area contributed by atoms with Crippen LogP contribution in [0, 0.1) is 0 Å². The molecular weight excluding hydrogens is 316 g/mol. The van der Waals surface area contributed by atoms with Gasteiger partial charge in [0.25, 0.3) is 0 Å². The number of benzene rings is 1. The van der Waals surface area contributed by atoms with Gasteiger partial charge in [-0.15, -0.1) is 0 Å². The van der Waals surface area contributed by atoms with Crippen molar-refractivity contribution in [3.8, 4) is 11.1 Å². The van der Waals surface area contributed by atoms with Gasteiger partial charge >= 0.3 is 0 Å². The standard InChI is InChI=1S/C16H19BrN2O/c17-13-10-6-5-9-12(13)14-15(19-20-16(14)18)11-7-3-1-2-4-8-11/h5-6,9-11H,1-4,7-8,18H2. The third-order valence-corrected chi connectivity index (χ3v) is 4.82. The maximum absolute atomic E-state index is 6.04. The first-order valence-corrected chi connectivity index (χ1v) is 8.06. The molecule has 0 saturated heterocycles. The van der Waals surface area contributed by atoms with Crippen molar-refractivity contribution in [1.82, 2.24) is 5.16 Å². The molecule has 0 atom stereocenters. The summed E-state index contributed by atoms with van der Waals surface area (Å²) in [4.78, 5) is 0. The van der Waals surface area contributed by atoms with Crippen LogP contribution in [0.1, 0.15) is 50.1 Å². The van der Waals surface area contributed by atoms with E-state index < -0.39 is 0 Å². The van der Waals surface area contributed by atoms with Gasteiger partial charge in [0.1, 0.15) is 0 Å². The molecule has 2 aromatic rings. The van der Waals surface area contributed by atoms with Crippen molar-refractivity contribution in [2.75, 3.05) is 5.73 Å². The van der Waals surface area contributed by atoms with E-state index in [4.69, 9.17) is 10.3 Å². The highest BCUT2D eigenvalue weighted by atomic mass is 79.9. The summed E-state index contributed by atoms with van der Waals surface area (Å²) in [6.45, 7) is 0. The van der Waals surface area contributed by atoms with Crippen LogP contribution in [0.2, 0.25) is 0 Å². The molecule has 2 N–H and O–H groups in total. The van der Waals surface area contributed by atoms with Crippen LogP contribution in [0.25, 0.3) is 11.1 Å². The zero-order chi connectivity index (χ0) is 13.9. The van der Waals surface area contributed by atoms with Gasteiger partial charge in [0, 0.05) is 16.0 Å². The summed E-state index contributed by atoms with van der Waals surface area (Å²) in [5.74, 6) is 0.900. The van der Waals surface area contributed by atoms with Crippen molar-refractivity contribution in [1.29, 1.82) is 0 Å². The minimum Gasteiger partial charge on any atom is -0.367 e. The van der Waals surface area contributed by atoms with E-state index in [0.717, 1.165) is 21.3 Å². The zero-order valence-corrected chi connectivity index (χ0v) is 13.0. The van der Waals surface area contributed by atoms with Gasteiger partial charge in [-0.05, 0) is 18.9 Å². The summed E-state index contributed by atoms with van der Waals surface area (Å²) in [6.07, 6.45) is 7.56. The van der Waals surface area contributed by atoms with Crippen molar-refractivity contribution in [3.05, 3.63) is 34.4 Å². The molecule has 3 nitrogen and oxygen atoms in total. The first kappa shape index (κ1) is 13.7. The fourth-order valence-corrected chi connectivity index (χ4v) is 3.57. The minimum atomic E-state index is 0.427. The maximum Gasteiger partial charge on any atom is 0.230 e. The van der Waals surface area contributed by atoms with Gasteiger partial charge in [0.2, 0.25) is 5.88 Å². The highest BCUT2D eigenvalue weighted by Crippen LogP contribution is 2.41. The average Bonchev–Trinajstić information content (AvgIpc) is 2.67. The van der Waals surface area contributed by atoms with Crippen LogP contribution in [-0.2, 0) is 0 Å². The highest BCUT2D eigenvalue weighted by molar-refractivity contribution is 9.10. The fourth-order valence-electron chi connectivity index (χ4n) is 3.08. The van der Waals surface area contributed by atoms with Crippen LogP contribution >= 0.6 is 15.9 Å². The Morgan fingerprint density at radius 3 is 2.50 bits per heavy atom. The number of nitrogens with two attached hydrogens (primary N) is 1. The van der Waals surface area contributed by atoms with E-state index in [1.165, 1.54) is 38.5 Å². The van der Waals surface area contributed by atoms with Gasteiger partial charge in [-0.3, -0.25) is 0 Å². The van der Waals surface area contributed by atoms with Crippen LogP contribution in [-0.4, -0.2) is 5.16 Å². The van der Waals surface area contributed by atoms with Crippen LogP contribution < -0.4 is 5.73 Å². The molecule has 4 heteroatoms. The van der Waals surface area contributed by atoms with E-state index in [-0.39, 0.29) is 0 Å². The number of nitrogen functional groups attached to an aromatic ring is 1. The van der Waals surface area contributed by atoms with Crippen LogP contribution in [0.5, 0.6) is 0 Å². The van der Waals surface area contributed by atoms with E-state index in [0.29, 0.717) is 11.8 Å². The van der Waals surface area contributed by atoms with Crippen molar-refractivity contribution < 1.29 is 4.52 Å². The summed E-state index contributed by atoms with van der Waals surface area (Å²) >= 11 is 3.60. The molecule has 1 aromatic carbocycles. The van der Waals surface area contributed by atoms with Crippen molar-refractivity contribution in [3.63, 3.8) is 0 Å². The van der Waals surface area contributed by atoms with Crippen molar-refractivity contribution in [2.24, 2.45) is 0 Å². The van der Waals surface area contributed by atoms with Gasteiger partial charge in [-0.25, -0.2) is 0 Å². The molecule has 0 bridgehead atoms. The predicted molar refractivity (Wildman–Crippen MR) is 84.5 cm³/mol. The highest BCUT2D eigenvalue weighted by Gasteiger charge is 2.25. The maximum atomic E-state index is 6.04. The second kappa shape index (κ2) is 6.00. The molecule has 1 aromatic heterocycles. The van der Waals surface area contributed by atoms with E-state index in [9.17, 15) is 0 Å². The number of nitrogens with zero attached hydrogens (tertiary/aromatic N) is 1. The van der Waals surface area contributed by atoms with Crippen LogP contribution in [0.15, 0.2) is 33.3 Å². The first-order chi connectivity index (χ1) is 9.77. The molecule has 1 aliphatic rings. The number of aromatic nitrogens is 1. The lowest BCUT2D eigenvalue weighted by Crippen LogP contribution is -2.00. The van der Waals surface area contributed by atoms with E-state index >= 15 is 0 Å². The number of hydrogen-bond acceptors (Lipinski definition) is 3. The molecule has 0 spiro atoms. The third-order valence-electron chi connectivity index (χ3n) is 4.13. The van der Waals surface area contributed by atoms with Gasteiger partial charge < -0.3 is 10.3 Å². The smallest absolute Gasteiger partial charge is 0.230 e. The second-order valence-electron chi connectivity index (χ2n) is 5.48. The topological polar surface area (TPSA) is 52.0 Å². The Balaban J connectivity index is 2.03. The monoisotopic (exact) mass is 334 g/mol. The predicted octanol–water partition coefficient (Wildman–Crippen LogP) is 5.12. The molecule has 0 radical (unpaired) electrons. The Labute approximate surface area is 127 Å². The normalized spacial score (nSPS) is 17.1. The Bertz CT molecular complexity index is 586. The quantitative estimate of drug-likeness (QED) is 0.775. The first-order valence-electron chi connectivity index (χ1n) is 7.27. The lowest BCUT2D eigenvalue weighted by molar-refractivity contribution is 0.413. The minimum absolute atomic E-state index is 0.427. The summed E-state index contributed by atoms with van der Waals surface area (Å²) in [5.41, 5.74) is 9.13. The molecule has 1 saturated carbocycles. The fraction of sp³-hybridized carbons (Fsp3) is 0.438. The summed E-state index contributed by atoms with van der Waals surface area (Å²) < 4.78 is 6.34. The number of hydrogen-bond donors (Lipinski definition) is 1. The second-order valence-corrected chi connectivity index (χ2v) is 6.33. The van der Waals surface area contributed by atoms with E-state index in [2.05, 4.69) is 27.2 Å². The van der Waals surface area contributed by atoms with Crippen LogP contribution in [0.3, 0.4) is 0 Å². The van der Waals surface area contributed by atoms with Gasteiger partial charge in [-0.2, -0.15) is 0 Å². The summed E-state index contributed by atoms with van der Waals surface area (Å²) in [6, 6.07) is 8.11. The van der Waals surface area contributed by atoms with Crippen LogP contribution in [0.4, 0.5) is 5.88 Å². The number of halogens is 1. The Hall–Kier alpha value is -1.29. The van der Waals surface area contributed by atoms with Gasteiger partial charge in [-0.1, -0.05) is 65.0 Å². The molecule has 1 aliphatic carbocycles. The number of rotatable bonds is 2. The Kier molecular flexibility index (Phi) is 4.10. The van der Waals surface area contributed by atoms with Gasteiger partial charge in [0.15, 0.2) is 0 Å². The molecule has 0 amide bonds. The van der Waals surface area contributed by atoms with E-state index in [1.807, 2.05) is 18.2 Å². The average molecular weight is 335 g/mol. The van der Waals surface area contributed by atoms with Crippen molar-refractivity contribution in [2.45, 2.75) is 44.4 Å². The third kappa shape index (κ3) is 2.62. The molecule has 1 fully saturated rings. The lowest BCUT2D eigenvalue weighted by atomic mass is 9.91. The summed E-state index contributed by atoms with van der Waals surface area (Å²) in [7, 11) is 0. The largest absolute Gasteiger partial charge is 0.367 e. The molecule has 106 valence electrons. The lowest BCUT2D eigenvalue weighted by Gasteiger charge is -2.13. The zero-order valence-electron chi connectivity index (χ0n) is 11.4. The molecular formula is C16H19BrN2O. The van der Waals surface area contributed by atoms with E-state index in [1.54, 1.807) is 0 Å². The molecule has 0 aliphatic heterocycles. The molecule has 1 heterocycles. The molecule has 3 rings (SSSR count). The Morgan fingerprint density at radius 1 is 1.10 bits per heavy atom. The number of anilines is 1. The molecule has 20 heavy (non-hydrogen) atoms.